The van der Waals surface area contributed by atoms with Crippen molar-refractivity contribution in [2.75, 3.05) is 6.61 Å². The van der Waals surface area contributed by atoms with Crippen LogP contribution in [0.25, 0.3) is 0 Å². The lowest BCUT2D eigenvalue weighted by molar-refractivity contribution is -0.169. The number of rotatable bonds is 3. The Kier molecular flexibility index (Phi) is 4.60. The lowest BCUT2D eigenvalue weighted by Crippen LogP contribution is -2.53. The number of allylic oxidation sites excluding steroid dienone is 2. The molecule has 0 aromatic heterocycles. The largest absolute Gasteiger partial charge is 0.465 e. The molecule has 2 saturated carbocycles. The Morgan fingerprint density at radius 1 is 1.33 bits per heavy atom. The molecule has 0 saturated heterocycles. The molecule has 21 heavy (non-hydrogen) atoms. The van der Waals surface area contributed by atoms with Crippen LogP contribution in [0.15, 0.2) is 11.6 Å². The number of hydrogen-bond acceptors (Lipinski definition) is 3. The van der Waals surface area contributed by atoms with Crippen LogP contribution in [0.1, 0.15) is 53.9 Å². The summed E-state index contributed by atoms with van der Waals surface area (Å²) in [6.07, 6.45) is 4.90. The molecule has 0 spiro atoms. The van der Waals surface area contributed by atoms with Gasteiger partial charge in [0, 0.05) is 11.8 Å². The molecule has 0 N–H and O–H groups in total. The number of esters is 1. The molecule has 0 unspecified atom stereocenters. The molecular formula is C18H28O3. The van der Waals surface area contributed by atoms with Crippen molar-refractivity contribution in [2.45, 2.75) is 53.9 Å². The first-order valence-electron chi connectivity index (χ1n) is 8.22. The van der Waals surface area contributed by atoms with E-state index < -0.39 is 5.41 Å². The summed E-state index contributed by atoms with van der Waals surface area (Å²) in [5.74, 6) is 0.329. The molecule has 3 heteroatoms. The minimum absolute atomic E-state index is 0.00296. The summed E-state index contributed by atoms with van der Waals surface area (Å²) < 4.78 is 5.38. The third-order valence-corrected chi connectivity index (χ3v) is 5.40. The second-order valence-electron chi connectivity index (χ2n) is 7.10. The molecule has 3 nitrogen and oxygen atoms in total. The van der Waals surface area contributed by atoms with Gasteiger partial charge in [-0.2, -0.15) is 0 Å². The Morgan fingerprint density at radius 3 is 2.57 bits per heavy atom. The van der Waals surface area contributed by atoms with Crippen LogP contribution in [0.2, 0.25) is 0 Å². The molecule has 0 heterocycles. The van der Waals surface area contributed by atoms with Crippen molar-refractivity contribution < 1.29 is 14.3 Å². The second-order valence-corrected chi connectivity index (χ2v) is 7.10. The van der Waals surface area contributed by atoms with E-state index in [1.165, 1.54) is 5.57 Å². The van der Waals surface area contributed by atoms with E-state index in [2.05, 4.69) is 13.0 Å². The van der Waals surface area contributed by atoms with Crippen LogP contribution < -0.4 is 0 Å². The van der Waals surface area contributed by atoms with E-state index >= 15 is 0 Å². The lowest BCUT2D eigenvalue weighted by atomic mass is 9.59. The molecule has 2 aliphatic rings. The topological polar surface area (TPSA) is 43.4 Å². The number of hydrogen-bond donors (Lipinski definition) is 0. The zero-order valence-corrected chi connectivity index (χ0v) is 13.9. The Labute approximate surface area is 128 Å². The van der Waals surface area contributed by atoms with Crippen LogP contribution in [-0.2, 0) is 14.3 Å². The molecule has 0 amide bonds. The first kappa shape index (κ1) is 16.3. The SMILES string of the molecule is CCOC(=O)[C@@]12C(=O)[C@@H](C)CC[C@@H]1[C@@H](C)C[C@H]2C=C(C)C. The van der Waals surface area contributed by atoms with Gasteiger partial charge in [0.1, 0.15) is 5.41 Å². The maximum Gasteiger partial charge on any atom is 0.320 e. The Morgan fingerprint density at radius 2 is 2.00 bits per heavy atom. The number of fused-ring (bicyclic) bond motifs is 1. The summed E-state index contributed by atoms with van der Waals surface area (Å²) in [7, 11) is 0. The summed E-state index contributed by atoms with van der Waals surface area (Å²) in [5.41, 5.74) is 0.243. The van der Waals surface area contributed by atoms with Gasteiger partial charge in [-0.25, -0.2) is 0 Å². The Hall–Kier alpha value is -1.12. The van der Waals surface area contributed by atoms with E-state index in [4.69, 9.17) is 4.74 Å². The average Bonchev–Trinajstić information content (AvgIpc) is 2.67. The number of carbonyl (C=O) groups is 2. The first-order valence-corrected chi connectivity index (χ1v) is 8.22. The highest BCUT2D eigenvalue weighted by Crippen LogP contribution is 2.58. The van der Waals surface area contributed by atoms with Crippen LogP contribution in [0.4, 0.5) is 0 Å². The van der Waals surface area contributed by atoms with Crippen molar-refractivity contribution in [1.82, 2.24) is 0 Å². The van der Waals surface area contributed by atoms with E-state index in [1.54, 1.807) is 0 Å². The van der Waals surface area contributed by atoms with Gasteiger partial charge in [-0.3, -0.25) is 9.59 Å². The van der Waals surface area contributed by atoms with Crippen LogP contribution in [0.3, 0.4) is 0 Å². The van der Waals surface area contributed by atoms with Gasteiger partial charge in [-0.1, -0.05) is 25.5 Å². The van der Waals surface area contributed by atoms with Crippen LogP contribution in [0, 0.1) is 29.1 Å². The lowest BCUT2D eigenvalue weighted by Gasteiger charge is -2.42. The summed E-state index contributed by atoms with van der Waals surface area (Å²) in [6.45, 7) is 10.4. The molecule has 0 bridgehead atoms. The Bertz CT molecular complexity index is 461. The van der Waals surface area contributed by atoms with Crippen molar-refractivity contribution in [3.8, 4) is 0 Å². The van der Waals surface area contributed by atoms with Gasteiger partial charge in [0.2, 0.25) is 0 Å². The summed E-state index contributed by atoms with van der Waals surface area (Å²) in [4.78, 5) is 25.9. The predicted molar refractivity (Wildman–Crippen MR) is 82.7 cm³/mol. The molecule has 0 radical (unpaired) electrons. The zero-order chi connectivity index (χ0) is 15.8. The van der Waals surface area contributed by atoms with Gasteiger partial charge in [-0.15, -0.1) is 0 Å². The Balaban J connectivity index is 2.55. The molecular weight excluding hydrogens is 264 g/mol. The highest BCUT2D eigenvalue weighted by molar-refractivity contribution is 6.06. The van der Waals surface area contributed by atoms with E-state index in [1.807, 2.05) is 27.7 Å². The van der Waals surface area contributed by atoms with Gasteiger partial charge in [0.15, 0.2) is 5.78 Å². The van der Waals surface area contributed by atoms with Crippen LogP contribution >= 0.6 is 0 Å². The minimum Gasteiger partial charge on any atom is -0.465 e. The maximum atomic E-state index is 13.1. The molecule has 2 rings (SSSR count). The quantitative estimate of drug-likeness (QED) is 0.452. The molecule has 0 aromatic carbocycles. The molecule has 118 valence electrons. The van der Waals surface area contributed by atoms with Crippen LogP contribution in [0.5, 0.6) is 0 Å². The minimum atomic E-state index is -0.926. The van der Waals surface area contributed by atoms with E-state index in [0.717, 1.165) is 19.3 Å². The highest BCUT2D eigenvalue weighted by atomic mass is 16.5. The standard InChI is InChI=1S/C18H28O3/c1-6-21-17(20)18-14(9-11(2)3)10-13(5)15(18)8-7-12(4)16(18)19/h9,12-15H,6-8,10H2,1-5H3/t12-,13-,14+,15+,18+/m0/s1. The van der Waals surface area contributed by atoms with E-state index in [9.17, 15) is 9.59 Å². The molecule has 5 atom stereocenters. The molecule has 0 aliphatic heterocycles. The molecule has 2 fully saturated rings. The first-order chi connectivity index (χ1) is 9.85. The third kappa shape index (κ3) is 2.45. The van der Waals surface area contributed by atoms with Gasteiger partial charge < -0.3 is 4.74 Å². The zero-order valence-electron chi connectivity index (χ0n) is 13.9. The van der Waals surface area contributed by atoms with Gasteiger partial charge >= 0.3 is 5.97 Å². The highest BCUT2D eigenvalue weighted by Gasteiger charge is 2.65. The average molecular weight is 292 g/mol. The van der Waals surface area contributed by atoms with Crippen molar-refractivity contribution in [1.29, 1.82) is 0 Å². The van der Waals surface area contributed by atoms with Crippen molar-refractivity contribution in [3.05, 3.63) is 11.6 Å². The fraction of sp³-hybridized carbons (Fsp3) is 0.778. The predicted octanol–water partition coefficient (Wildman–Crippen LogP) is 3.77. The van der Waals surface area contributed by atoms with Gasteiger partial charge in [-0.05, 0) is 51.9 Å². The van der Waals surface area contributed by atoms with E-state index in [0.29, 0.717) is 12.5 Å². The summed E-state index contributed by atoms with van der Waals surface area (Å²) in [6, 6.07) is 0. The monoisotopic (exact) mass is 292 g/mol. The van der Waals surface area contributed by atoms with Gasteiger partial charge in [0.25, 0.3) is 0 Å². The van der Waals surface area contributed by atoms with Gasteiger partial charge in [0.05, 0.1) is 6.61 Å². The summed E-state index contributed by atoms with van der Waals surface area (Å²) in [5, 5.41) is 0. The fourth-order valence-electron chi connectivity index (χ4n) is 4.58. The smallest absolute Gasteiger partial charge is 0.320 e. The summed E-state index contributed by atoms with van der Waals surface area (Å²) >= 11 is 0. The number of ether oxygens (including phenoxy) is 1. The van der Waals surface area contributed by atoms with E-state index in [-0.39, 0.29) is 29.5 Å². The van der Waals surface area contributed by atoms with Crippen LogP contribution in [-0.4, -0.2) is 18.4 Å². The molecule has 0 aromatic rings. The van der Waals surface area contributed by atoms with Crippen molar-refractivity contribution in [3.63, 3.8) is 0 Å². The number of ketones is 1. The second kappa shape index (κ2) is 5.94. The fourth-order valence-corrected chi connectivity index (χ4v) is 4.58. The normalized spacial score (nSPS) is 38.8. The molecule has 2 aliphatic carbocycles. The number of carbonyl (C=O) groups excluding carboxylic acids is 2. The van der Waals surface area contributed by atoms with Crippen molar-refractivity contribution >= 4 is 11.8 Å². The third-order valence-electron chi connectivity index (χ3n) is 5.40. The van der Waals surface area contributed by atoms with Crippen molar-refractivity contribution in [2.24, 2.45) is 29.1 Å². The number of Topliss-reactive ketones (excluding diaryl/α,β-unsaturated/α-hetero) is 1. The maximum absolute atomic E-state index is 13.1.